The van der Waals surface area contributed by atoms with Crippen LogP contribution >= 0.6 is 15.9 Å². The summed E-state index contributed by atoms with van der Waals surface area (Å²) in [7, 11) is 0. The Labute approximate surface area is 556 Å². The molecule has 0 aliphatic carbocycles. The Morgan fingerprint density at radius 2 is 0.350 bits per heavy atom. The van der Waals surface area contributed by atoms with Gasteiger partial charge >= 0.3 is 0 Å². The smallest absolute Gasteiger partial charge is 0.200 e. The van der Waals surface area contributed by atoms with Crippen LogP contribution in [0.2, 0.25) is 0 Å². The van der Waals surface area contributed by atoms with Gasteiger partial charge < -0.3 is 9.97 Å². The van der Waals surface area contributed by atoms with Gasteiger partial charge in [-0.3, -0.25) is 0 Å². The van der Waals surface area contributed by atoms with Gasteiger partial charge in [0, 0.05) is 59.9 Å². The van der Waals surface area contributed by atoms with E-state index in [9.17, 15) is 26.3 Å². The number of nitrogens with zero attached hydrogens (tertiary/aromatic N) is 4. The van der Waals surface area contributed by atoms with Crippen molar-refractivity contribution in [2.24, 2.45) is 0 Å². The number of fused-ring (bicyclic) bond motifs is 12. The Balaban J connectivity index is 1.35. The number of hydrogen-bond donors (Lipinski definition) is 2. The molecule has 4 aliphatic heterocycles. The Bertz CT molecular complexity index is 5800. The summed E-state index contributed by atoms with van der Waals surface area (Å²) in [5.41, 5.74) is -39.3. The van der Waals surface area contributed by atoms with Crippen LogP contribution in [0.5, 0.6) is 0 Å². The molecule has 2 N–H and O–H groups in total. The molecule has 12 bridgehead atoms. The molecule has 103 heavy (non-hydrogen) atoms. The minimum Gasteiger partial charge on any atom is -0.354 e. The van der Waals surface area contributed by atoms with E-state index < -0.39 is 313 Å². The van der Waals surface area contributed by atoms with Crippen LogP contribution in [-0.2, 0) is 0 Å². The average molecular weight is 1540 g/mol. The lowest BCUT2D eigenvalue weighted by Gasteiger charge is -2.12. The maximum absolute atomic E-state index is 16.6. The van der Waals surface area contributed by atoms with Crippen LogP contribution in [0, 0.1) is 175 Å². The fourth-order valence-electron chi connectivity index (χ4n) is 11.3. The molecule has 0 fully saturated rings. The van der Waals surface area contributed by atoms with Gasteiger partial charge in [0.15, 0.2) is 140 Å². The molecule has 524 valence electrons. The number of aromatic nitrogens is 6. The van der Waals surface area contributed by atoms with Crippen LogP contribution in [0.4, 0.5) is 132 Å². The van der Waals surface area contributed by atoms with Crippen molar-refractivity contribution in [2.75, 3.05) is 0 Å². The first-order valence-corrected chi connectivity index (χ1v) is 28.3. The fourth-order valence-corrected chi connectivity index (χ4v) is 11.8. The monoisotopic (exact) mass is 1540 g/mol. The molecule has 9 aromatic rings. The van der Waals surface area contributed by atoms with E-state index in [1.807, 2.05) is 0 Å². The summed E-state index contributed by atoms with van der Waals surface area (Å²) >= 11 is 2.81. The molecule has 7 heterocycles. The first-order valence-electron chi connectivity index (χ1n) is 27.5. The molecule has 3 aromatic heterocycles. The summed E-state index contributed by atoms with van der Waals surface area (Å²) in [5.74, 6) is -86.4. The van der Waals surface area contributed by atoms with Crippen LogP contribution in [0.1, 0.15) is 45.6 Å². The number of benzene rings is 6. The SMILES string of the molecule is Fc1c(F)c(F)c(-c2c3nc(c(-c4c(F)c(F)c(F)c(F)c4F)c4ccc([nH]4)c(-c4c(F)c(F)c(F)c(F)c4F)c4nc(c(-c5c(F)c(F)c(F)c(F)c5F)c5nc(c(-c6c(F)c(F)c(F)c(F)c6F)c6ccc([nH]6)c(-c6c(F)c(F)c(F)c(F)c6F)c6nc2C=C6)C(Br)=C5)C=C4)C=C3)c(F)c1F. The zero-order valence-electron chi connectivity index (χ0n) is 48.4. The van der Waals surface area contributed by atoms with E-state index in [1.54, 1.807) is 0 Å². The van der Waals surface area contributed by atoms with E-state index in [0.717, 1.165) is 0 Å². The Kier molecular flexibility index (Phi) is 17.0. The lowest BCUT2D eigenvalue weighted by Crippen LogP contribution is -2.06. The molecular weight excluding hydrogens is 1530 g/mol. The van der Waals surface area contributed by atoms with E-state index in [4.69, 9.17) is 0 Å². The summed E-state index contributed by atoms with van der Waals surface area (Å²) in [6.45, 7) is 0. The highest BCUT2D eigenvalue weighted by atomic mass is 79.9. The molecule has 6 aromatic carbocycles. The molecule has 0 saturated carbocycles. The standard InChI is InChI=1S/C66H13BrF30N6/c67-12-11-23-28(34-44(76)56(88)64(96)57(89)45(34)77)21-8-7-19(101-21)26(32-40(72)52(84)62(94)53(85)41(32)73)17-4-3-15(99-17)24(30-36(68)48(80)60(92)49(81)37(30)69)13-1-2-14(98-13)25(31-38(70)50(82)61(93)51(83)39(31)71)16-5-6-18(100-16)27(33-42(74)54(86)63(95)55(87)43(33)75)20-9-10-22(102-20)29(66(12)103-23)35-46(78)58(90)65(97)59(91)47(35)79/h1-11,99,102H. The predicted octanol–water partition coefficient (Wildman–Crippen LogP) is 21.6. The van der Waals surface area contributed by atoms with E-state index in [2.05, 4.69) is 45.8 Å². The minimum absolute atomic E-state index is 0.342. The van der Waals surface area contributed by atoms with Gasteiger partial charge in [0.2, 0.25) is 34.9 Å². The Morgan fingerprint density at radius 3 is 0.573 bits per heavy atom. The third-order valence-corrected chi connectivity index (χ3v) is 16.5. The molecule has 0 radical (unpaired) electrons. The summed E-state index contributed by atoms with van der Waals surface area (Å²) in [5, 5.41) is 0. The molecule has 0 atom stereocenters. The van der Waals surface area contributed by atoms with Gasteiger partial charge in [-0.05, 0) is 82.7 Å². The van der Waals surface area contributed by atoms with E-state index in [0.29, 0.717) is 66.8 Å². The van der Waals surface area contributed by atoms with Gasteiger partial charge in [0.05, 0.1) is 78.9 Å². The fraction of sp³-hybridized carbons (Fsp3) is 0. The third kappa shape index (κ3) is 10.4. The van der Waals surface area contributed by atoms with Crippen LogP contribution in [-0.4, -0.2) is 29.9 Å². The van der Waals surface area contributed by atoms with Gasteiger partial charge in [0.1, 0.15) is 0 Å². The van der Waals surface area contributed by atoms with Crippen molar-refractivity contribution in [3.63, 3.8) is 0 Å². The van der Waals surface area contributed by atoms with E-state index >= 15 is 105 Å². The molecule has 0 spiro atoms. The number of aromatic amines is 2. The third-order valence-electron chi connectivity index (χ3n) is 15.9. The number of hydrogen-bond acceptors (Lipinski definition) is 4. The van der Waals surface area contributed by atoms with E-state index in [1.165, 1.54) is 0 Å². The number of H-pyrrole nitrogens is 2. The molecule has 13 rings (SSSR count). The van der Waals surface area contributed by atoms with Gasteiger partial charge in [-0.1, -0.05) is 0 Å². The van der Waals surface area contributed by atoms with Crippen molar-refractivity contribution < 1.29 is 132 Å². The first kappa shape index (κ1) is 70.1. The van der Waals surface area contributed by atoms with Crippen LogP contribution in [0.3, 0.4) is 0 Å². The topological polar surface area (TPSA) is 83.1 Å². The normalized spacial score (nSPS) is 12.6. The molecule has 0 amide bonds. The number of halogens is 31. The Morgan fingerprint density at radius 1 is 0.184 bits per heavy atom. The Hall–Kier alpha value is -11.4. The summed E-state index contributed by atoms with van der Waals surface area (Å²) < 4.78 is 473. The van der Waals surface area contributed by atoms with E-state index in [-0.39, 0.29) is 0 Å². The minimum atomic E-state index is -2.94. The quantitative estimate of drug-likeness (QED) is 0.0987. The zero-order chi connectivity index (χ0) is 74.8. The molecule has 4 aliphatic rings. The van der Waals surface area contributed by atoms with Gasteiger partial charge in [-0.25, -0.2) is 152 Å². The van der Waals surface area contributed by atoms with Crippen molar-refractivity contribution in [2.45, 2.75) is 0 Å². The molecule has 6 nitrogen and oxygen atoms in total. The van der Waals surface area contributed by atoms with Gasteiger partial charge in [0.25, 0.3) is 0 Å². The number of rotatable bonds is 6. The van der Waals surface area contributed by atoms with Crippen LogP contribution < -0.4 is 0 Å². The maximum Gasteiger partial charge on any atom is 0.200 e. The van der Waals surface area contributed by atoms with Crippen molar-refractivity contribution in [1.82, 2.24) is 29.9 Å². The van der Waals surface area contributed by atoms with Gasteiger partial charge in [-0.15, -0.1) is 0 Å². The van der Waals surface area contributed by atoms with Crippen molar-refractivity contribution in [3.8, 4) is 66.8 Å². The number of nitrogens with one attached hydrogen (secondary N) is 2. The highest BCUT2D eigenvalue weighted by molar-refractivity contribution is 9.15. The summed E-state index contributed by atoms with van der Waals surface area (Å²) in [6, 6.07) is 1.53. The van der Waals surface area contributed by atoms with Gasteiger partial charge in [-0.2, -0.15) is 0 Å². The highest BCUT2D eigenvalue weighted by Gasteiger charge is 2.39. The molecule has 37 heteroatoms. The average Bonchev–Trinajstić information content (AvgIpc) is 1.63. The zero-order valence-corrected chi connectivity index (χ0v) is 49.9. The van der Waals surface area contributed by atoms with Crippen molar-refractivity contribution >= 4 is 85.0 Å². The van der Waals surface area contributed by atoms with Crippen LogP contribution in [0.15, 0.2) is 24.3 Å². The molecule has 0 saturated heterocycles. The second kappa shape index (κ2) is 25.0. The summed E-state index contributed by atoms with van der Waals surface area (Å²) in [6.07, 6.45) is 2.43. The summed E-state index contributed by atoms with van der Waals surface area (Å²) in [4.78, 5) is 19.8. The second-order valence-corrected chi connectivity index (χ2v) is 22.3. The lowest BCUT2D eigenvalue weighted by atomic mass is 10.00. The lowest BCUT2D eigenvalue weighted by molar-refractivity contribution is 0.381. The maximum atomic E-state index is 16.6. The highest BCUT2D eigenvalue weighted by Crippen LogP contribution is 2.49. The van der Waals surface area contributed by atoms with Crippen molar-refractivity contribution in [3.05, 3.63) is 244 Å². The predicted molar refractivity (Wildman–Crippen MR) is 307 cm³/mol. The second-order valence-electron chi connectivity index (χ2n) is 21.5. The van der Waals surface area contributed by atoms with Crippen molar-refractivity contribution in [1.29, 1.82) is 0 Å². The largest absolute Gasteiger partial charge is 0.354 e. The molecular formula is C66H13BrF30N6. The van der Waals surface area contributed by atoms with Crippen LogP contribution in [0.25, 0.3) is 136 Å². The molecule has 0 unspecified atom stereocenters. The first-order chi connectivity index (χ1) is 48.5.